The molecule has 0 aliphatic rings. The van der Waals surface area contributed by atoms with E-state index in [0.717, 1.165) is 0 Å². The molecule has 0 aliphatic heterocycles. The Bertz CT molecular complexity index is 241. The second-order valence-electron chi connectivity index (χ2n) is 4.27. The highest BCUT2D eigenvalue weighted by Crippen LogP contribution is 1.99. The Balaban J connectivity index is 4.21. The van der Waals surface area contributed by atoms with Crippen LogP contribution in [0.15, 0.2) is 0 Å². The van der Waals surface area contributed by atoms with Crippen molar-refractivity contribution in [1.29, 1.82) is 0 Å². The van der Waals surface area contributed by atoms with E-state index in [-0.39, 0.29) is 12.5 Å². The van der Waals surface area contributed by atoms with Gasteiger partial charge < -0.3 is 10.4 Å². The average molecular weight is 230 g/mol. The molecule has 0 spiro atoms. The predicted octanol–water partition coefficient (Wildman–Crippen LogP) is 0.554. The number of carbonyl (C=O) groups is 2. The van der Waals surface area contributed by atoms with Gasteiger partial charge >= 0.3 is 5.97 Å². The zero-order chi connectivity index (χ0) is 12.7. The minimum Gasteiger partial charge on any atom is -0.480 e. The first kappa shape index (κ1) is 14.9. The molecule has 0 radical (unpaired) electrons. The standard InChI is InChI=1S/C11H22N2O3/c1-5-13(7-10(14)15)9(4)11(16)12-6-8(2)3/h8-9H,5-7H2,1-4H3,(H,12,16)(H,14,15). The quantitative estimate of drug-likeness (QED) is 0.670. The number of hydrogen-bond acceptors (Lipinski definition) is 3. The summed E-state index contributed by atoms with van der Waals surface area (Å²) in [6.45, 7) is 8.65. The van der Waals surface area contributed by atoms with Crippen LogP contribution in [0.1, 0.15) is 27.7 Å². The topological polar surface area (TPSA) is 69.6 Å². The van der Waals surface area contributed by atoms with Gasteiger partial charge in [0.25, 0.3) is 0 Å². The fraction of sp³-hybridized carbons (Fsp3) is 0.818. The van der Waals surface area contributed by atoms with Crippen LogP contribution in [-0.4, -0.2) is 47.6 Å². The van der Waals surface area contributed by atoms with E-state index in [2.05, 4.69) is 5.32 Å². The van der Waals surface area contributed by atoms with E-state index in [0.29, 0.717) is 19.0 Å². The van der Waals surface area contributed by atoms with Crippen LogP contribution in [0.2, 0.25) is 0 Å². The molecule has 2 N–H and O–H groups in total. The predicted molar refractivity (Wildman–Crippen MR) is 62.2 cm³/mol. The summed E-state index contributed by atoms with van der Waals surface area (Å²) in [6.07, 6.45) is 0. The van der Waals surface area contributed by atoms with Gasteiger partial charge in [-0.1, -0.05) is 20.8 Å². The van der Waals surface area contributed by atoms with Crippen molar-refractivity contribution in [3.63, 3.8) is 0 Å². The molecule has 94 valence electrons. The van der Waals surface area contributed by atoms with Crippen molar-refractivity contribution in [2.45, 2.75) is 33.7 Å². The van der Waals surface area contributed by atoms with Crippen molar-refractivity contribution < 1.29 is 14.7 Å². The van der Waals surface area contributed by atoms with Crippen LogP contribution < -0.4 is 5.32 Å². The lowest BCUT2D eigenvalue weighted by atomic mass is 10.2. The summed E-state index contributed by atoms with van der Waals surface area (Å²) in [5.41, 5.74) is 0. The van der Waals surface area contributed by atoms with Crippen molar-refractivity contribution in [2.75, 3.05) is 19.6 Å². The van der Waals surface area contributed by atoms with E-state index < -0.39 is 12.0 Å². The lowest BCUT2D eigenvalue weighted by molar-refractivity contribution is -0.139. The van der Waals surface area contributed by atoms with E-state index in [1.807, 2.05) is 20.8 Å². The Kier molecular flexibility index (Phi) is 6.72. The molecule has 0 heterocycles. The molecule has 5 nitrogen and oxygen atoms in total. The number of likely N-dealkylation sites (N-methyl/N-ethyl adjacent to an activating group) is 1. The minimum atomic E-state index is -0.912. The van der Waals surface area contributed by atoms with Gasteiger partial charge in [-0.05, 0) is 19.4 Å². The van der Waals surface area contributed by atoms with E-state index in [1.165, 1.54) is 0 Å². The highest BCUT2D eigenvalue weighted by molar-refractivity contribution is 5.82. The van der Waals surface area contributed by atoms with Gasteiger partial charge in [0, 0.05) is 6.54 Å². The molecule has 0 fully saturated rings. The Morgan fingerprint density at radius 3 is 2.25 bits per heavy atom. The zero-order valence-corrected chi connectivity index (χ0v) is 10.5. The summed E-state index contributed by atoms with van der Waals surface area (Å²) < 4.78 is 0. The van der Waals surface area contributed by atoms with Crippen LogP contribution in [0.5, 0.6) is 0 Å². The van der Waals surface area contributed by atoms with E-state index in [1.54, 1.807) is 11.8 Å². The third-order valence-electron chi connectivity index (χ3n) is 2.36. The third-order valence-corrected chi connectivity index (χ3v) is 2.36. The molecular weight excluding hydrogens is 208 g/mol. The summed E-state index contributed by atoms with van der Waals surface area (Å²) in [4.78, 5) is 23.9. The van der Waals surface area contributed by atoms with Gasteiger partial charge in [0.1, 0.15) is 0 Å². The van der Waals surface area contributed by atoms with Gasteiger partial charge in [0.15, 0.2) is 0 Å². The molecule has 0 aromatic heterocycles. The van der Waals surface area contributed by atoms with Crippen LogP contribution in [0.25, 0.3) is 0 Å². The summed E-state index contributed by atoms with van der Waals surface area (Å²) in [7, 11) is 0. The number of nitrogens with one attached hydrogen (secondary N) is 1. The molecule has 0 rings (SSSR count). The summed E-state index contributed by atoms with van der Waals surface area (Å²) in [5.74, 6) is -0.632. The second-order valence-corrected chi connectivity index (χ2v) is 4.27. The van der Waals surface area contributed by atoms with E-state index in [4.69, 9.17) is 5.11 Å². The molecule has 0 aliphatic carbocycles. The van der Waals surface area contributed by atoms with Gasteiger partial charge in [-0.25, -0.2) is 0 Å². The van der Waals surface area contributed by atoms with Gasteiger partial charge in [-0.2, -0.15) is 0 Å². The fourth-order valence-corrected chi connectivity index (χ4v) is 1.31. The Morgan fingerprint density at radius 1 is 1.31 bits per heavy atom. The monoisotopic (exact) mass is 230 g/mol. The lowest BCUT2D eigenvalue weighted by Crippen LogP contribution is -2.47. The zero-order valence-electron chi connectivity index (χ0n) is 10.5. The largest absolute Gasteiger partial charge is 0.480 e. The van der Waals surface area contributed by atoms with Crippen LogP contribution >= 0.6 is 0 Å². The van der Waals surface area contributed by atoms with Crippen LogP contribution in [0.4, 0.5) is 0 Å². The first-order chi connectivity index (χ1) is 7.38. The SMILES string of the molecule is CCN(CC(=O)O)C(C)C(=O)NCC(C)C. The maximum Gasteiger partial charge on any atom is 0.317 e. The summed E-state index contributed by atoms with van der Waals surface area (Å²) >= 11 is 0. The number of aliphatic carboxylic acids is 1. The number of nitrogens with zero attached hydrogens (tertiary/aromatic N) is 1. The maximum atomic E-state index is 11.7. The van der Waals surface area contributed by atoms with Gasteiger partial charge in [0.05, 0.1) is 12.6 Å². The number of rotatable bonds is 7. The summed E-state index contributed by atoms with van der Waals surface area (Å²) in [6, 6.07) is -0.403. The molecule has 1 atom stereocenters. The fourth-order valence-electron chi connectivity index (χ4n) is 1.31. The number of hydrogen-bond donors (Lipinski definition) is 2. The van der Waals surface area contributed by atoms with Gasteiger partial charge in [0.2, 0.25) is 5.91 Å². The van der Waals surface area contributed by atoms with Crippen LogP contribution in [-0.2, 0) is 9.59 Å². The molecule has 0 saturated carbocycles. The lowest BCUT2D eigenvalue weighted by Gasteiger charge is -2.25. The van der Waals surface area contributed by atoms with Gasteiger partial charge in [-0.3, -0.25) is 14.5 Å². The number of carbonyl (C=O) groups excluding carboxylic acids is 1. The molecule has 0 saturated heterocycles. The molecule has 16 heavy (non-hydrogen) atoms. The molecule has 0 bridgehead atoms. The molecule has 0 aromatic rings. The second kappa shape index (κ2) is 7.22. The van der Waals surface area contributed by atoms with Gasteiger partial charge in [-0.15, -0.1) is 0 Å². The highest BCUT2D eigenvalue weighted by Gasteiger charge is 2.21. The highest BCUT2D eigenvalue weighted by atomic mass is 16.4. The maximum absolute atomic E-state index is 11.7. The number of carboxylic acids is 1. The van der Waals surface area contributed by atoms with Crippen LogP contribution in [0, 0.1) is 5.92 Å². The van der Waals surface area contributed by atoms with Crippen molar-refractivity contribution in [3.8, 4) is 0 Å². The molecule has 5 heteroatoms. The summed E-state index contributed by atoms with van der Waals surface area (Å²) in [5, 5.41) is 11.5. The van der Waals surface area contributed by atoms with Crippen molar-refractivity contribution in [2.24, 2.45) is 5.92 Å². The molecule has 1 unspecified atom stereocenters. The normalized spacial score (nSPS) is 12.9. The van der Waals surface area contributed by atoms with Crippen molar-refractivity contribution in [3.05, 3.63) is 0 Å². The van der Waals surface area contributed by atoms with Crippen molar-refractivity contribution in [1.82, 2.24) is 10.2 Å². The molecule has 1 amide bonds. The average Bonchev–Trinajstić information content (AvgIpc) is 2.21. The Labute approximate surface area is 96.8 Å². The molecular formula is C11H22N2O3. The number of amides is 1. The third kappa shape index (κ3) is 5.70. The van der Waals surface area contributed by atoms with E-state index in [9.17, 15) is 9.59 Å². The first-order valence-corrected chi connectivity index (χ1v) is 5.62. The molecule has 0 aromatic carbocycles. The minimum absolute atomic E-state index is 0.104. The Morgan fingerprint density at radius 2 is 1.88 bits per heavy atom. The van der Waals surface area contributed by atoms with Crippen LogP contribution in [0.3, 0.4) is 0 Å². The number of carboxylic acid groups (broad SMARTS) is 1. The smallest absolute Gasteiger partial charge is 0.317 e. The Hall–Kier alpha value is -1.10. The van der Waals surface area contributed by atoms with Crippen molar-refractivity contribution >= 4 is 11.9 Å². The van der Waals surface area contributed by atoms with E-state index >= 15 is 0 Å². The first-order valence-electron chi connectivity index (χ1n) is 5.62.